The minimum Gasteiger partial charge on any atom is -0.448 e. The van der Waals surface area contributed by atoms with Crippen LogP contribution in [0.3, 0.4) is 0 Å². The van der Waals surface area contributed by atoms with Crippen molar-refractivity contribution in [1.82, 2.24) is 10.3 Å². The number of nitrogens with zero attached hydrogens (tertiary/aromatic N) is 1. The van der Waals surface area contributed by atoms with Crippen molar-refractivity contribution in [2.45, 2.75) is 31.6 Å². The van der Waals surface area contributed by atoms with Gasteiger partial charge in [0.25, 0.3) is 0 Å². The molecule has 3 N–H and O–H groups in total. The Hall–Kier alpha value is -0.870. The summed E-state index contributed by atoms with van der Waals surface area (Å²) in [5.41, 5.74) is 6.51. The molecule has 1 saturated heterocycles. The molecule has 15 heavy (non-hydrogen) atoms. The Labute approximate surface area is 90.2 Å². The third-order valence-electron chi connectivity index (χ3n) is 2.89. The molecule has 2 rings (SSSR count). The average Bonchev–Trinajstić information content (AvgIpc) is 2.76. The smallest absolute Gasteiger partial charge is 0.197 e. The first-order chi connectivity index (χ1) is 7.40. The fourth-order valence-corrected chi connectivity index (χ4v) is 1.98. The predicted octanol–water partition coefficient (Wildman–Crippen LogP) is 1.03. The third kappa shape index (κ3) is 2.79. The van der Waals surface area contributed by atoms with E-state index in [9.17, 15) is 0 Å². The highest BCUT2D eigenvalue weighted by atomic mass is 16.3. The molecule has 0 amide bonds. The molecule has 0 bridgehead atoms. The summed E-state index contributed by atoms with van der Waals surface area (Å²) in [7, 11) is 0. The Morgan fingerprint density at radius 2 is 2.27 bits per heavy atom. The summed E-state index contributed by atoms with van der Waals surface area (Å²) < 4.78 is 5.52. The van der Waals surface area contributed by atoms with Crippen molar-refractivity contribution < 1.29 is 4.42 Å². The van der Waals surface area contributed by atoms with Crippen LogP contribution < -0.4 is 11.1 Å². The van der Waals surface area contributed by atoms with Gasteiger partial charge in [-0.05, 0) is 45.3 Å². The maximum Gasteiger partial charge on any atom is 0.197 e. The highest BCUT2D eigenvalue weighted by molar-refractivity contribution is 5.02. The van der Waals surface area contributed by atoms with Crippen LogP contribution >= 0.6 is 0 Å². The van der Waals surface area contributed by atoms with E-state index >= 15 is 0 Å². The van der Waals surface area contributed by atoms with Crippen molar-refractivity contribution in [2.75, 3.05) is 19.6 Å². The van der Waals surface area contributed by atoms with Crippen LogP contribution in [-0.2, 0) is 6.42 Å². The van der Waals surface area contributed by atoms with Gasteiger partial charge in [0.05, 0.1) is 5.69 Å². The van der Waals surface area contributed by atoms with Gasteiger partial charge in [-0.3, -0.25) is 0 Å². The van der Waals surface area contributed by atoms with E-state index in [2.05, 4.69) is 10.3 Å². The zero-order valence-corrected chi connectivity index (χ0v) is 9.04. The van der Waals surface area contributed by atoms with Crippen LogP contribution in [0.2, 0.25) is 0 Å². The summed E-state index contributed by atoms with van der Waals surface area (Å²) >= 11 is 0. The van der Waals surface area contributed by atoms with E-state index in [4.69, 9.17) is 10.2 Å². The van der Waals surface area contributed by atoms with Gasteiger partial charge in [-0.2, -0.15) is 0 Å². The molecule has 0 radical (unpaired) electrons. The number of aryl methyl sites for hydroxylation is 1. The minimum absolute atomic E-state index is 0.512. The molecule has 0 atom stereocenters. The molecule has 1 fully saturated rings. The summed E-state index contributed by atoms with van der Waals surface area (Å²) in [5.74, 6) is 1.43. The molecule has 1 aliphatic heterocycles. The molecule has 1 aromatic rings. The molecule has 2 heterocycles. The van der Waals surface area contributed by atoms with Gasteiger partial charge in [-0.15, -0.1) is 0 Å². The highest BCUT2D eigenvalue weighted by Crippen LogP contribution is 2.24. The maximum absolute atomic E-state index is 5.52. The monoisotopic (exact) mass is 209 g/mol. The summed E-state index contributed by atoms with van der Waals surface area (Å²) in [5, 5.41) is 3.34. The predicted molar refractivity (Wildman–Crippen MR) is 58.7 cm³/mol. The first-order valence-corrected chi connectivity index (χ1v) is 5.75. The van der Waals surface area contributed by atoms with E-state index in [1.54, 1.807) is 6.26 Å². The van der Waals surface area contributed by atoms with Gasteiger partial charge in [0.2, 0.25) is 0 Å². The van der Waals surface area contributed by atoms with Gasteiger partial charge in [-0.25, -0.2) is 4.98 Å². The van der Waals surface area contributed by atoms with Crippen molar-refractivity contribution in [2.24, 2.45) is 5.73 Å². The maximum atomic E-state index is 5.52. The van der Waals surface area contributed by atoms with Crippen molar-refractivity contribution in [3.63, 3.8) is 0 Å². The normalized spacial score (nSPS) is 18.2. The minimum atomic E-state index is 0.512. The third-order valence-corrected chi connectivity index (χ3v) is 2.89. The lowest BCUT2D eigenvalue weighted by atomic mass is 9.98. The Bertz CT molecular complexity index is 292. The number of hydrogen-bond acceptors (Lipinski definition) is 4. The first-order valence-electron chi connectivity index (χ1n) is 5.75. The molecule has 0 aromatic carbocycles. The van der Waals surface area contributed by atoms with E-state index in [1.165, 1.54) is 0 Å². The summed E-state index contributed by atoms with van der Waals surface area (Å²) in [6.07, 6.45) is 5.98. The second kappa shape index (κ2) is 5.28. The van der Waals surface area contributed by atoms with Crippen molar-refractivity contribution in [3.05, 3.63) is 17.8 Å². The van der Waals surface area contributed by atoms with Gasteiger partial charge in [0.15, 0.2) is 5.89 Å². The SMILES string of the molecule is NCCCc1coc(C2CCNCC2)n1. The zero-order valence-electron chi connectivity index (χ0n) is 9.04. The second-order valence-corrected chi connectivity index (χ2v) is 4.09. The van der Waals surface area contributed by atoms with Crippen LogP contribution in [0.4, 0.5) is 0 Å². The Morgan fingerprint density at radius 3 is 3.00 bits per heavy atom. The number of piperidine rings is 1. The molecule has 0 unspecified atom stereocenters. The van der Waals surface area contributed by atoms with Crippen LogP contribution in [0, 0.1) is 0 Å². The average molecular weight is 209 g/mol. The molecule has 1 aliphatic rings. The van der Waals surface area contributed by atoms with E-state index in [-0.39, 0.29) is 0 Å². The number of nitrogens with two attached hydrogens (primary N) is 1. The van der Waals surface area contributed by atoms with E-state index in [0.29, 0.717) is 5.92 Å². The van der Waals surface area contributed by atoms with Crippen LogP contribution in [0.25, 0.3) is 0 Å². The number of nitrogens with one attached hydrogen (secondary N) is 1. The van der Waals surface area contributed by atoms with Crippen LogP contribution in [0.5, 0.6) is 0 Å². The first kappa shape index (κ1) is 10.6. The summed E-state index contributed by atoms with van der Waals surface area (Å²) in [6.45, 7) is 2.87. The van der Waals surface area contributed by atoms with E-state index in [0.717, 1.165) is 56.9 Å². The second-order valence-electron chi connectivity index (χ2n) is 4.09. The summed E-state index contributed by atoms with van der Waals surface area (Å²) in [6, 6.07) is 0. The molecule has 4 nitrogen and oxygen atoms in total. The Balaban J connectivity index is 1.93. The molecule has 4 heteroatoms. The Morgan fingerprint density at radius 1 is 1.47 bits per heavy atom. The van der Waals surface area contributed by atoms with Gasteiger partial charge < -0.3 is 15.5 Å². The van der Waals surface area contributed by atoms with Gasteiger partial charge in [0, 0.05) is 5.92 Å². The number of oxazole rings is 1. The zero-order chi connectivity index (χ0) is 10.5. The van der Waals surface area contributed by atoms with Gasteiger partial charge in [-0.1, -0.05) is 0 Å². The number of hydrogen-bond donors (Lipinski definition) is 2. The molecule has 84 valence electrons. The fourth-order valence-electron chi connectivity index (χ4n) is 1.98. The van der Waals surface area contributed by atoms with Crippen molar-refractivity contribution in [3.8, 4) is 0 Å². The number of rotatable bonds is 4. The van der Waals surface area contributed by atoms with Crippen molar-refractivity contribution >= 4 is 0 Å². The number of aromatic nitrogens is 1. The lowest BCUT2D eigenvalue weighted by Gasteiger charge is -2.19. The molecule has 0 aliphatic carbocycles. The van der Waals surface area contributed by atoms with Crippen LogP contribution in [0.1, 0.15) is 36.8 Å². The van der Waals surface area contributed by atoms with Gasteiger partial charge >= 0.3 is 0 Å². The topological polar surface area (TPSA) is 64.1 Å². The lowest BCUT2D eigenvalue weighted by Crippen LogP contribution is -2.26. The van der Waals surface area contributed by atoms with Crippen LogP contribution in [0.15, 0.2) is 10.7 Å². The fraction of sp³-hybridized carbons (Fsp3) is 0.727. The lowest BCUT2D eigenvalue weighted by molar-refractivity contribution is 0.374. The summed E-state index contributed by atoms with van der Waals surface area (Å²) in [4.78, 5) is 4.52. The van der Waals surface area contributed by atoms with Crippen LogP contribution in [-0.4, -0.2) is 24.6 Å². The molecule has 0 saturated carbocycles. The molecule has 1 aromatic heterocycles. The largest absolute Gasteiger partial charge is 0.448 e. The molecular formula is C11H19N3O. The van der Waals surface area contributed by atoms with E-state index < -0.39 is 0 Å². The van der Waals surface area contributed by atoms with Gasteiger partial charge in [0.1, 0.15) is 6.26 Å². The highest BCUT2D eigenvalue weighted by Gasteiger charge is 2.19. The Kier molecular flexibility index (Phi) is 3.75. The van der Waals surface area contributed by atoms with Crippen molar-refractivity contribution in [1.29, 1.82) is 0 Å². The molecular weight excluding hydrogens is 190 g/mol. The standard InChI is InChI=1S/C11H19N3O/c12-5-1-2-10-8-15-11(14-10)9-3-6-13-7-4-9/h8-9,13H,1-7,12H2. The molecule has 0 spiro atoms. The quantitative estimate of drug-likeness (QED) is 0.777. The van der Waals surface area contributed by atoms with E-state index in [1.807, 2.05) is 0 Å².